The van der Waals surface area contributed by atoms with E-state index in [9.17, 15) is 18.0 Å². The average Bonchev–Trinajstić information content (AvgIpc) is 3.04. The van der Waals surface area contributed by atoms with Crippen LogP contribution in [0.5, 0.6) is 0 Å². The zero-order chi connectivity index (χ0) is 16.3. The number of amides is 1. The summed E-state index contributed by atoms with van der Waals surface area (Å²) in [4.78, 5) is 16.6. The van der Waals surface area contributed by atoms with Crippen LogP contribution >= 0.6 is 11.3 Å². The van der Waals surface area contributed by atoms with E-state index in [1.807, 2.05) is 0 Å². The Bertz CT molecular complexity index is 688. The lowest BCUT2D eigenvalue weighted by Gasteiger charge is -2.12. The smallest absolute Gasteiger partial charge is 0.434 e. The summed E-state index contributed by atoms with van der Waals surface area (Å²) in [5.41, 5.74) is -0.935. The number of carbonyl (C=O) groups is 1. The molecule has 0 spiro atoms. The number of hydrogen-bond donors (Lipinski definition) is 0. The number of thiazole rings is 1. The molecule has 1 amide bonds. The third kappa shape index (κ3) is 4.20. The van der Waals surface area contributed by atoms with Crippen LogP contribution in [0.4, 0.5) is 13.2 Å². The van der Waals surface area contributed by atoms with Crippen LogP contribution in [0.3, 0.4) is 0 Å². The first-order chi connectivity index (χ1) is 10.3. The van der Waals surface area contributed by atoms with E-state index in [0.717, 1.165) is 22.5 Å². The van der Waals surface area contributed by atoms with Gasteiger partial charge in [-0.3, -0.25) is 4.79 Å². The van der Waals surface area contributed by atoms with Crippen LogP contribution in [-0.4, -0.2) is 22.8 Å². The van der Waals surface area contributed by atoms with Gasteiger partial charge in [-0.25, -0.2) is 4.98 Å². The largest absolute Gasteiger partial charge is 0.462 e. The van der Waals surface area contributed by atoms with Crippen molar-refractivity contribution >= 4 is 23.3 Å². The molecule has 0 aliphatic rings. The summed E-state index contributed by atoms with van der Waals surface area (Å²) in [5.74, 6) is 0.911. The van der Waals surface area contributed by atoms with E-state index in [1.54, 1.807) is 19.1 Å². The topological polar surface area (TPSA) is 46.3 Å². The Morgan fingerprint density at radius 2 is 2.18 bits per heavy atom. The van der Waals surface area contributed by atoms with Crippen LogP contribution in [0.25, 0.3) is 6.08 Å². The number of alkyl halides is 3. The highest BCUT2D eigenvalue weighted by Crippen LogP contribution is 2.30. The Kier molecular flexibility index (Phi) is 4.70. The summed E-state index contributed by atoms with van der Waals surface area (Å²) in [6.07, 6.45) is -1.65. The fourth-order valence-corrected chi connectivity index (χ4v) is 2.47. The zero-order valence-corrected chi connectivity index (χ0v) is 12.7. The first kappa shape index (κ1) is 16.3. The van der Waals surface area contributed by atoms with Crippen molar-refractivity contribution in [2.45, 2.75) is 19.6 Å². The molecular weight excluding hydrogens is 317 g/mol. The van der Waals surface area contributed by atoms with Gasteiger partial charge in [0, 0.05) is 18.5 Å². The monoisotopic (exact) mass is 330 g/mol. The Hall–Kier alpha value is -2.09. The molecule has 2 aromatic rings. The third-order valence-corrected chi connectivity index (χ3v) is 3.58. The quantitative estimate of drug-likeness (QED) is 0.803. The second-order valence-electron chi connectivity index (χ2n) is 4.60. The lowest BCUT2D eigenvalue weighted by atomic mass is 10.3. The van der Waals surface area contributed by atoms with Crippen molar-refractivity contribution in [2.75, 3.05) is 7.05 Å². The van der Waals surface area contributed by atoms with Crippen molar-refractivity contribution in [3.8, 4) is 0 Å². The maximum absolute atomic E-state index is 12.4. The van der Waals surface area contributed by atoms with Crippen LogP contribution in [0.15, 0.2) is 28.0 Å². The molecule has 0 saturated carbocycles. The Labute approximate surface area is 128 Å². The Balaban J connectivity index is 1.96. The van der Waals surface area contributed by atoms with Crippen LogP contribution < -0.4 is 0 Å². The SMILES string of the molecule is Cc1ccc(/C=C\C(=O)N(C)Cc2nc(C(F)(F)F)cs2)o1. The van der Waals surface area contributed by atoms with Crippen molar-refractivity contribution in [2.24, 2.45) is 0 Å². The molecule has 118 valence electrons. The van der Waals surface area contributed by atoms with Crippen LogP contribution in [0, 0.1) is 6.92 Å². The number of nitrogens with zero attached hydrogens (tertiary/aromatic N) is 2. The Morgan fingerprint density at radius 1 is 1.45 bits per heavy atom. The van der Waals surface area contributed by atoms with E-state index in [1.165, 1.54) is 24.1 Å². The van der Waals surface area contributed by atoms with Crippen molar-refractivity contribution in [3.05, 3.63) is 45.8 Å². The van der Waals surface area contributed by atoms with E-state index >= 15 is 0 Å². The predicted octanol–water partition coefficient (Wildman–Crippen LogP) is 3.74. The molecule has 0 aliphatic heterocycles. The second-order valence-corrected chi connectivity index (χ2v) is 5.54. The Morgan fingerprint density at radius 3 is 2.73 bits per heavy atom. The highest BCUT2D eigenvalue weighted by molar-refractivity contribution is 7.09. The van der Waals surface area contributed by atoms with Crippen LogP contribution in [0.1, 0.15) is 22.2 Å². The maximum Gasteiger partial charge on any atom is 0.434 e. The number of carbonyl (C=O) groups excluding carboxylic acids is 1. The second kappa shape index (κ2) is 6.35. The maximum atomic E-state index is 12.4. The van der Waals surface area contributed by atoms with E-state index in [0.29, 0.717) is 5.76 Å². The molecule has 0 fully saturated rings. The van der Waals surface area contributed by atoms with Gasteiger partial charge in [-0.05, 0) is 25.1 Å². The molecule has 0 aromatic carbocycles. The molecule has 0 atom stereocenters. The van der Waals surface area contributed by atoms with E-state index < -0.39 is 11.9 Å². The molecule has 0 N–H and O–H groups in total. The number of furan rings is 1. The number of rotatable bonds is 4. The fourth-order valence-electron chi connectivity index (χ4n) is 1.62. The average molecular weight is 330 g/mol. The van der Waals surface area contributed by atoms with Gasteiger partial charge in [0.25, 0.3) is 0 Å². The molecule has 8 heteroatoms. The summed E-state index contributed by atoms with van der Waals surface area (Å²) < 4.78 is 42.6. The minimum atomic E-state index is -4.46. The minimum Gasteiger partial charge on any atom is -0.462 e. The van der Waals surface area contributed by atoms with Gasteiger partial charge >= 0.3 is 6.18 Å². The molecule has 22 heavy (non-hydrogen) atoms. The van der Waals surface area contributed by atoms with Gasteiger partial charge in [-0.2, -0.15) is 13.2 Å². The molecule has 0 radical (unpaired) electrons. The third-order valence-electron chi connectivity index (χ3n) is 2.74. The van der Waals surface area contributed by atoms with Crippen molar-refractivity contribution in [3.63, 3.8) is 0 Å². The molecule has 0 bridgehead atoms. The lowest BCUT2D eigenvalue weighted by molar-refractivity contribution is -0.140. The molecular formula is C14H13F3N2O2S. The molecule has 2 heterocycles. The molecule has 2 rings (SSSR count). The van der Waals surface area contributed by atoms with Crippen molar-refractivity contribution in [1.82, 2.24) is 9.88 Å². The summed E-state index contributed by atoms with van der Waals surface area (Å²) >= 11 is 0.872. The minimum absolute atomic E-state index is 0.0150. The van der Waals surface area contributed by atoms with Gasteiger partial charge in [-0.1, -0.05) is 0 Å². The number of likely N-dealkylation sites (N-methyl/N-ethyl adjacent to an activating group) is 1. The van der Waals surface area contributed by atoms with Crippen molar-refractivity contribution in [1.29, 1.82) is 0 Å². The van der Waals surface area contributed by atoms with E-state index in [-0.39, 0.29) is 17.5 Å². The number of aryl methyl sites for hydroxylation is 1. The van der Waals surface area contributed by atoms with Gasteiger partial charge in [-0.15, -0.1) is 11.3 Å². The highest BCUT2D eigenvalue weighted by Gasteiger charge is 2.33. The summed E-state index contributed by atoms with van der Waals surface area (Å²) in [6.45, 7) is 1.80. The molecule has 0 unspecified atom stereocenters. The zero-order valence-electron chi connectivity index (χ0n) is 11.8. The molecule has 0 aliphatic carbocycles. The standard InChI is InChI=1S/C14H13F3N2O2S/c1-9-3-4-10(21-9)5-6-13(20)19(2)7-12-18-11(8-22-12)14(15,16)17/h3-6,8H,7H2,1-2H3/b6-5-. The number of hydrogen-bond acceptors (Lipinski definition) is 4. The predicted molar refractivity (Wildman–Crippen MR) is 76.1 cm³/mol. The van der Waals surface area contributed by atoms with E-state index in [2.05, 4.69) is 4.98 Å². The van der Waals surface area contributed by atoms with Gasteiger partial charge in [0.15, 0.2) is 5.69 Å². The lowest BCUT2D eigenvalue weighted by Crippen LogP contribution is -2.24. The van der Waals surface area contributed by atoms with Crippen molar-refractivity contribution < 1.29 is 22.4 Å². The van der Waals surface area contributed by atoms with E-state index in [4.69, 9.17) is 4.42 Å². The normalized spacial score (nSPS) is 12.0. The van der Waals surface area contributed by atoms with Gasteiger partial charge in [0.2, 0.25) is 5.91 Å². The first-order valence-corrected chi connectivity index (χ1v) is 7.15. The highest BCUT2D eigenvalue weighted by atomic mass is 32.1. The molecule has 2 aromatic heterocycles. The van der Waals surface area contributed by atoms with Crippen LogP contribution in [0.2, 0.25) is 0 Å². The molecule has 0 saturated heterocycles. The first-order valence-electron chi connectivity index (χ1n) is 6.27. The number of aromatic nitrogens is 1. The summed E-state index contributed by atoms with van der Waals surface area (Å²) in [7, 11) is 1.49. The van der Waals surface area contributed by atoms with Gasteiger partial charge in [0.1, 0.15) is 16.5 Å². The number of halogens is 3. The fraction of sp³-hybridized carbons (Fsp3) is 0.286. The van der Waals surface area contributed by atoms with Crippen LogP contribution in [-0.2, 0) is 17.5 Å². The summed E-state index contributed by atoms with van der Waals surface area (Å²) in [6, 6.07) is 3.48. The van der Waals surface area contributed by atoms with Gasteiger partial charge in [0.05, 0.1) is 6.54 Å². The summed E-state index contributed by atoms with van der Waals surface area (Å²) in [5, 5.41) is 1.17. The molecule has 4 nitrogen and oxygen atoms in total. The van der Waals surface area contributed by atoms with Gasteiger partial charge < -0.3 is 9.32 Å².